The van der Waals surface area contributed by atoms with Crippen LogP contribution in [0.15, 0.2) is 41.8 Å². The molecule has 0 amide bonds. The molecule has 0 N–H and O–H groups in total. The molecule has 1 aromatic carbocycles. The summed E-state index contributed by atoms with van der Waals surface area (Å²) in [5.74, 6) is 0. The molecule has 0 aliphatic heterocycles. The first kappa shape index (κ1) is 26.8. The Balaban J connectivity index is 1.85. The van der Waals surface area contributed by atoms with Gasteiger partial charge in [-0.05, 0) is 76.4 Å². The molecule has 1 aliphatic carbocycles. The Morgan fingerprint density at radius 2 is 1.75 bits per heavy atom. The van der Waals surface area contributed by atoms with Gasteiger partial charge in [-0.2, -0.15) is 17.5 Å². The Bertz CT molecular complexity index is 805. The summed E-state index contributed by atoms with van der Waals surface area (Å²) in [6, 6.07) is 3.56. The second-order valence-corrected chi connectivity index (χ2v) is 10.2. The first-order valence-electron chi connectivity index (χ1n) is 11.2. The van der Waals surface area contributed by atoms with Crippen molar-refractivity contribution in [2.75, 3.05) is 33.3 Å². The molecule has 0 radical (unpaired) electrons. The van der Waals surface area contributed by atoms with Crippen molar-refractivity contribution in [3.8, 4) is 0 Å². The van der Waals surface area contributed by atoms with E-state index in [1.165, 1.54) is 4.31 Å². The van der Waals surface area contributed by atoms with Gasteiger partial charge in [-0.15, -0.1) is 6.58 Å². The van der Waals surface area contributed by atoms with E-state index in [-0.39, 0.29) is 23.6 Å². The Labute approximate surface area is 190 Å². The largest absolute Gasteiger partial charge is 0.416 e. The highest BCUT2D eigenvalue weighted by Crippen LogP contribution is 2.32. The third kappa shape index (κ3) is 7.57. The van der Waals surface area contributed by atoms with Gasteiger partial charge in [0.1, 0.15) is 0 Å². The van der Waals surface area contributed by atoms with Gasteiger partial charge in [0, 0.05) is 25.7 Å². The van der Waals surface area contributed by atoms with Crippen LogP contribution in [0.2, 0.25) is 0 Å². The number of benzene rings is 1. The minimum Gasteiger partial charge on any atom is -0.378 e. The van der Waals surface area contributed by atoms with Crippen molar-refractivity contribution in [3.63, 3.8) is 0 Å². The van der Waals surface area contributed by atoms with Gasteiger partial charge >= 0.3 is 6.18 Å². The molecule has 9 heteroatoms. The Morgan fingerprint density at radius 1 is 1.12 bits per heavy atom. The molecule has 32 heavy (non-hydrogen) atoms. The summed E-state index contributed by atoms with van der Waals surface area (Å²) in [6.45, 7) is 8.32. The first-order chi connectivity index (χ1) is 15.1. The summed E-state index contributed by atoms with van der Waals surface area (Å²) in [5.41, 5.74) is -0.857. The lowest BCUT2D eigenvalue weighted by molar-refractivity contribution is -0.137. The number of nitrogens with zero attached hydrogens (tertiary/aromatic N) is 2. The summed E-state index contributed by atoms with van der Waals surface area (Å²) >= 11 is 0. The van der Waals surface area contributed by atoms with E-state index >= 15 is 0 Å². The van der Waals surface area contributed by atoms with Gasteiger partial charge in [0.05, 0.1) is 16.6 Å². The van der Waals surface area contributed by atoms with E-state index in [2.05, 4.69) is 18.5 Å². The number of likely N-dealkylation sites (N-methyl/N-ethyl adjacent to an activating group) is 1. The van der Waals surface area contributed by atoms with Crippen LogP contribution in [0.4, 0.5) is 13.2 Å². The van der Waals surface area contributed by atoms with Crippen molar-refractivity contribution in [1.29, 1.82) is 0 Å². The molecule has 5 nitrogen and oxygen atoms in total. The molecule has 2 rings (SSSR count). The summed E-state index contributed by atoms with van der Waals surface area (Å²) in [7, 11) is -1.80. The van der Waals surface area contributed by atoms with Gasteiger partial charge in [-0.1, -0.05) is 13.0 Å². The zero-order chi connectivity index (χ0) is 23.8. The molecule has 0 saturated heterocycles. The molecular weight excluding hydrogens is 441 g/mol. The normalized spacial score (nSPS) is 20.1. The number of ether oxygens (including phenoxy) is 1. The van der Waals surface area contributed by atoms with Gasteiger partial charge in [0.15, 0.2) is 0 Å². The topological polar surface area (TPSA) is 49.9 Å². The highest BCUT2D eigenvalue weighted by molar-refractivity contribution is 7.89. The SMILES string of the molecule is C=CCN(C)CCCCOC1CCC(N(CC)S(=O)(=O)c2ccc(C(F)(F)F)cc2)CC1. The van der Waals surface area contributed by atoms with Crippen molar-refractivity contribution in [1.82, 2.24) is 9.21 Å². The molecule has 0 bridgehead atoms. The maximum Gasteiger partial charge on any atom is 0.416 e. The molecule has 0 unspecified atom stereocenters. The number of hydrogen-bond donors (Lipinski definition) is 0. The van der Waals surface area contributed by atoms with Gasteiger partial charge < -0.3 is 9.64 Å². The van der Waals surface area contributed by atoms with E-state index in [0.717, 1.165) is 63.0 Å². The summed E-state index contributed by atoms with van der Waals surface area (Å²) < 4.78 is 71.9. The first-order valence-corrected chi connectivity index (χ1v) is 12.6. The fourth-order valence-corrected chi connectivity index (χ4v) is 5.82. The van der Waals surface area contributed by atoms with E-state index in [1.54, 1.807) is 6.92 Å². The van der Waals surface area contributed by atoms with Crippen LogP contribution in [0, 0.1) is 0 Å². The van der Waals surface area contributed by atoms with E-state index in [0.29, 0.717) is 19.4 Å². The predicted octanol–water partition coefficient (Wildman–Crippen LogP) is 4.94. The molecule has 0 aromatic heterocycles. The number of unbranched alkanes of at least 4 members (excludes halogenated alkanes) is 1. The smallest absolute Gasteiger partial charge is 0.378 e. The van der Waals surface area contributed by atoms with Crippen LogP contribution in [0.1, 0.15) is 51.0 Å². The molecule has 1 saturated carbocycles. The van der Waals surface area contributed by atoms with E-state index in [9.17, 15) is 21.6 Å². The number of rotatable bonds is 12. The minimum absolute atomic E-state index is 0.104. The summed E-state index contributed by atoms with van der Waals surface area (Å²) in [5, 5.41) is 0. The number of alkyl halides is 3. The summed E-state index contributed by atoms with van der Waals surface area (Å²) in [6.07, 6.45) is 2.46. The van der Waals surface area contributed by atoms with Gasteiger partial charge in [0.2, 0.25) is 10.0 Å². The number of hydrogen-bond acceptors (Lipinski definition) is 4. The lowest BCUT2D eigenvalue weighted by atomic mass is 9.93. The van der Waals surface area contributed by atoms with Gasteiger partial charge in [-0.3, -0.25) is 0 Å². The third-order valence-electron chi connectivity index (χ3n) is 5.88. The van der Waals surface area contributed by atoms with E-state index in [4.69, 9.17) is 4.74 Å². The lowest BCUT2D eigenvalue weighted by Crippen LogP contribution is -2.43. The van der Waals surface area contributed by atoms with Crippen molar-refractivity contribution < 1.29 is 26.3 Å². The van der Waals surface area contributed by atoms with Crippen LogP contribution in [0.5, 0.6) is 0 Å². The van der Waals surface area contributed by atoms with Crippen LogP contribution in [-0.2, 0) is 20.9 Å². The Hall–Kier alpha value is -1.42. The molecule has 182 valence electrons. The van der Waals surface area contributed by atoms with E-state index < -0.39 is 21.8 Å². The minimum atomic E-state index is -4.49. The highest BCUT2D eigenvalue weighted by Gasteiger charge is 2.35. The zero-order valence-corrected chi connectivity index (χ0v) is 19.8. The highest BCUT2D eigenvalue weighted by atomic mass is 32.2. The zero-order valence-electron chi connectivity index (χ0n) is 19.0. The van der Waals surface area contributed by atoms with Crippen molar-refractivity contribution in [2.24, 2.45) is 0 Å². The Kier molecular flexibility index (Phi) is 10.2. The third-order valence-corrected chi connectivity index (χ3v) is 7.92. The average molecular weight is 477 g/mol. The second-order valence-electron chi connectivity index (χ2n) is 8.29. The van der Waals surface area contributed by atoms with E-state index in [1.807, 2.05) is 6.08 Å². The van der Waals surface area contributed by atoms with Crippen LogP contribution < -0.4 is 0 Å². The van der Waals surface area contributed by atoms with Crippen LogP contribution in [0.3, 0.4) is 0 Å². The molecular formula is C23H35F3N2O3S. The monoisotopic (exact) mass is 476 g/mol. The van der Waals surface area contributed by atoms with Crippen molar-refractivity contribution in [3.05, 3.63) is 42.5 Å². The average Bonchev–Trinajstić information content (AvgIpc) is 2.74. The van der Waals surface area contributed by atoms with Crippen molar-refractivity contribution >= 4 is 10.0 Å². The molecule has 1 fully saturated rings. The number of halogens is 3. The maximum absolute atomic E-state index is 13.1. The second kappa shape index (κ2) is 12.2. The van der Waals surface area contributed by atoms with Gasteiger partial charge in [0.25, 0.3) is 0 Å². The van der Waals surface area contributed by atoms with Gasteiger partial charge in [-0.25, -0.2) is 8.42 Å². The standard InChI is InChI=1S/C23H35F3N2O3S/c1-4-16-27(3)17-6-7-18-31-21-12-10-20(11-13-21)28(5-2)32(29,30)22-14-8-19(9-15-22)23(24,25)26/h4,8-9,14-15,20-21H,1,5-7,10-13,16-18H2,2-3H3. The summed E-state index contributed by atoms with van der Waals surface area (Å²) in [4.78, 5) is 2.10. The molecule has 1 aliphatic rings. The van der Waals surface area contributed by atoms with Crippen molar-refractivity contribution in [2.45, 2.75) is 68.7 Å². The Morgan fingerprint density at radius 3 is 2.28 bits per heavy atom. The predicted molar refractivity (Wildman–Crippen MR) is 120 cm³/mol. The molecule has 0 atom stereocenters. The molecule has 0 heterocycles. The lowest BCUT2D eigenvalue weighted by Gasteiger charge is -2.35. The fraction of sp³-hybridized carbons (Fsp3) is 0.652. The molecule has 0 spiro atoms. The molecule has 1 aromatic rings. The number of sulfonamides is 1. The quantitative estimate of drug-likeness (QED) is 0.317. The van der Waals surface area contributed by atoms with Crippen LogP contribution in [-0.4, -0.2) is 63.1 Å². The fourth-order valence-electron chi connectivity index (χ4n) is 4.12. The van der Waals surface area contributed by atoms with Crippen LogP contribution >= 0.6 is 0 Å². The van der Waals surface area contributed by atoms with Crippen LogP contribution in [0.25, 0.3) is 0 Å². The maximum atomic E-state index is 13.1.